The van der Waals surface area contributed by atoms with Gasteiger partial charge in [-0.3, -0.25) is 0 Å². The Morgan fingerprint density at radius 2 is 1.42 bits per heavy atom. The van der Waals surface area contributed by atoms with E-state index in [0.29, 0.717) is 23.7 Å². The average molecular weight is 505 g/mol. The topological polar surface area (TPSA) is 44.8 Å². The van der Waals surface area contributed by atoms with Gasteiger partial charge in [-0.15, -0.1) is 0 Å². The van der Waals surface area contributed by atoms with Crippen molar-refractivity contribution in [3.05, 3.63) is 137 Å². The zero-order valence-corrected chi connectivity index (χ0v) is 21.6. The van der Waals surface area contributed by atoms with Crippen LogP contribution in [-0.4, -0.2) is 5.97 Å². The number of carbonyl (C=O) groups is 1. The van der Waals surface area contributed by atoms with Crippen LogP contribution in [-0.2, 0) is 17.1 Å². The summed E-state index contributed by atoms with van der Waals surface area (Å²) in [6.45, 7) is 2.60. The highest BCUT2D eigenvalue weighted by Gasteiger charge is 2.46. The van der Waals surface area contributed by atoms with Crippen LogP contribution < -0.4 is 9.47 Å². The van der Waals surface area contributed by atoms with E-state index in [9.17, 15) is 4.79 Å². The van der Waals surface area contributed by atoms with Crippen LogP contribution in [0.5, 0.6) is 11.5 Å². The van der Waals surface area contributed by atoms with Crippen LogP contribution >= 0.6 is 0 Å². The minimum Gasteiger partial charge on any atom is -0.489 e. The van der Waals surface area contributed by atoms with Crippen LogP contribution in [0.25, 0.3) is 6.08 Å². The van der Waals surface area contributed by atoms with Gasteiger partial charge in [0.15, 0.2) is 0 Å². The molecule has 1 aliphatic heterocycles. The Hall–Kier alpha value is -4.31. The number of carbonyl (C=O) groups excluding carboxylic acids is 1. The quantitative estimate of drug-likeness (QED) is 0.161. The standard InChI is InChI=1S/C34H32O4/c1-2-3-4-5-11-18-27-23-30(36-25-26-16-9-6-10-17-26)24-31-32(27)33(35)38-34(37-31,28-19-12-7-13-20-28)29-21-14-8-15-22-29/h6-24H,2-5,25H2,1H3/b18-11+. The molecule has 5 rings (SSSR count). The molecule has 1 heterocycles. The molecule has 1 aliphatic rings. The third kappa shape index (κ3) is 5.50. The van der Waals surface area contributed by atoms with Gasteiger partial charge in [0, 0.05) is 17.2 Å². The van der Waals surface area contributed by atoms with Crippen molar-refractivity contribution in [2.24, 2.45) is 0 Å². The number of esters is 1. The maximum atomic E-state index is 13.7. The first-order valence-corrected chi connectivity index (χ1v) is 13.2. The second-order valence-corrected chi connectivity index (χ2v) is 9.40. The predicted octanol–water partition coefficient (Wildman–Crippen LogP) is 8.31. The first-order chi connectivity index (χ1) is 18.7. The molecule has 0 unspecified atom stereocenters. The Balaban J connectivity index is 1.57. The molecule has 0 N–H and O–H groups in total. The molecule has 0 aromatic heterocycles. The number of rotatable bonds is 10. The number of hydrogen-bond acceptors (Lipinski definition) is 4. The second-order valence-electron chi connectivity index (χ2n) is 9.40. The average Bonchev–Trinajstić information content (AvgIpc) is 2.97. The van der Waals surface area contributed by atoms with Crippen molar-refractivity contribution in [1.29, 1.82) is 0 Å². The summed E-state index contributed by atoms with van der Waals surface area (Å²) in [5, 5.41) is 0. The third-order valence-corrected chi connectivity index (χ3v) is 6.63. The monoisotopic (exact) mass is 504 g/mol. The van der Waals surface area contributed by atoms with Crippen molar-refractivity contribution < 1.29 is 19.0 Å². The second kappa shape index (κ2) is 11.8. The summed E-state index contributed by atoms with van der Waals surface area (Å²) < 4.78 is 19.1. The molecule has 0 bridgehead atoms. The normalized spacial score (nSPS) is 14.0. The number of ether oxygens (including phenoxy) is 3. The number of unbranched alkanes of at least 4 members (excludes halogenated alkanes) is 3. The molecule has 4 aromatic carbocycles. The summed E-state index contributed by atoms with van der Waals surface area (Å²) in [7, 11) is 0. The Labute approximate surface area is 224 Å². The summed E-state index contributed by atoms with van der Waals surface area (Å²) in [6, 6.07) is 32.9. The largest absolute Gasteiger partial charge is 0.489 e. The van der Waals surface area contributed by atoms with E-state index in [2.05, 4.69) is 13.0 Å². The minimum absolute atomic E-state index is 0.409. The van der Waals surface area contributed by atoms with Crippen molar-refractivity contribution >= 4 is 12.0 Å². The molecule has 0 saturated heterocycles. The van der Waals surface area contributed by atoms with Crippen molar-refractivity contribution in [2.75, 3.05) is 0 Å². The van der Waals surface area contributed by atoms with E-state index in [1.807, 2.05) is 103 Å². The van der Waals surface area contributed by atoms with E-state index < -0.39 is 11.8 Å². The first kappa shape index (κ1) is 25.3. The molecule has 0 fully saturated rings. The highest BCUT2D eigenvalue weighted by Crippen LogP contribution is 2.45. The molecule has 0 aliphatic carbocycles. The van der Waals surface area contributed by atoms with Crippen LogP contribution in [0.2, 0.25) is 0 Å². The molecule has 4 aromatic rings. The van der Waals surface area contributed by atoms with Gasteiger partial charge in [0.2, 0.25) is 0 Å². The molecule has 0 radical (unpaired) electrons. The van der Waals surface area contributed by atoms with Gasteiger partial charge in [-0.1, -0.05) is 123 Å². The molecule has 4 heteroatoms. The van der Waals surface area contributed by atoms with E-state index in [-0.39, 0.29) is 0 Å². The van der Waals surface area contributed by atoms with E-state index in [1.54, 1.807) is 6.07 Å². The van der Waals surface area contributed by atoms with Crippen molar-refractivity contribution in [1.82, 2.24) is 0 Å². The van der Waals surface area contributed by atoms with Gasteiger partial charge in [0.1, 0.15) is 23.7 Å². The summed E-state index contributed by atoms with van der Waals surface area (Å²) in [6.07, 6.45) is 8.46. The lowest BCUT2D eigenvalue weighted by atomic mass is 9.94. The Morgan fingerprint density at radius 1 is 0.789 bits per heavy atom. The van der Waals surface area contributed by atoms with Crippen LogP contribution in [0.3, 0.4) is 0 Å². The third-order valence-electron chi connectivity index (χ3n) is 6.63. The number of cyclic esters (lactones) is 1. The van der Waals surface area contributed by atoms with Crippen LogP contribution in [0.15, 0.2) is 109 Å². The zero-order chi connectivity index (χ0) is 26.2. The van der Waals surface area contributed by atoms with Gasteiger partial charge >= 0.3 is 11.8 Å². The highest BCUT2D eigenvalue weighted by molar-refractivity contribution is 5.98. The highest BCUT2D eigenvalue weighted by atomic mass is 16.7. The molecular weight excluding hydrogens is 472 g/mol. The lowest BCUT2D eigenvalue weighted by Crippen LogP contribution is -2.43. The van der Waals surface area contributed by atoms with Crippen molar-refractivity contribution in [3.63, 3.8) is 0 Å². The molecule has 0 saturated carbocycles. The lowest BCUT2D eigenvalue weighted by molar-refractivity contribution is -0.131. The number of hydrogen-bond donors (Lipinski definition) is 0. The van der Waals surface area contributed by atoms with Gasteiger partial charge in [-0.2, -0.15) is 0 Å². The van der Waals surface area contributed by atoms with Gasteiger partial charge in [-0.25, -0.2) is 4.79 Å². The Morgan fingerprint density at radius 3 is 2.05 bits per heavy atom. The molecule has 0 atom stereocenters. The van der Waals surface area contributed by atoms with Crippen LogP contribution in [0.1, 0.15) is 65.2 Å². The van der Waals surface area contributed by atoms with E-state index in [4.69, 9.17) is 14.2 Å². The lowest BCUT2D eigenvalue weighted by Gasteiger charge is -2.38. The maximum absolute atomic E-state index is 13.7. The molecule has 38 heavy (non-hydrogen) atoms. The van der Waals surface area contributed by atoms with Gasteiger partial charge in [-0.05, 0) is 30.0 Å². The maximum Gasteiger partial charge on any atom is 0.346 e. The minimum atomic E-state index is -1.41. The first-order valence-electron chi connectivity index (χ1n) is 13.2. The molecular formula is C34H32O4. The fourth-order valence-electron chi connectivity index (χ4n) is 4.66. The number of allylic oxidation sites excluding steroid dienone is 1. The van der Waals surface area contributed by atoms with E-state index in [1.165, 1.54) is 6.42 Å². The van der Waals surface area contributed by atoms with Crippen LogP contribution in [0, 0.1) is 0 Å². The molecule has 192 valence electrons. The smallest absolute Gasteiger partial charge is 0.346 e. The Bertz CT molecular complexity index is 1340. The van der Waals surface area contributed by atoms with Gasteiger partial charge in [0.25, 0.3) is 0 Å². The van der Waals surface area contributed by atoms with Crippen molar-refractivity contribution in [3.8, 4) is 11.5 Å². The van der Waals surface area contributed by atoms with Crippen molar-refractivity contribution in [2.45, 2.75) is 45.0 Å². The predicted molar refractivity (Wildman–Crippen MR) is 150 cm³/mol. The van der Waals surface area contributed by atoms with Gasteiger partial charge in [0.05, 0.1) is 0 Å². The SMILES string of the molecule is CCCCC/C=C/c1cc(OCc2ccccc2)cc2c1C(=O)OC(c1ccccc1)(c1ccccc1)O2. The van der Waals surface area contributed by atoms with Gasteiger partial charge < -0.3 is 14.2 Å². The molecule has 0 spiro atoms. The number of fused-ring (bicyclic) bond motifs is 1. The fourth-order valence-corrected chi connectivity index (χ4v) is 4.66. The zero-order valence-electron chi connectivity index (χ0n) is 21.6. The summed E-state index contributed by atoms with van der Waals surface area (Å²) in [5.74, 6) is -0.771. The summed E-state index contributed by atoms with van der Waals surface area (Å²) in [5.41, 5.74) is 3.66. The Kier molecular flexibility index (Phi) is 7.89. The molecule has 0 amide bonds. The molecule has 4 nitrogen and oxygen atoms in total. The van der Waals surface area contributed by atoms with E-state index >= 15 is 0 Å². The number of benzene rings is 4. The van der Waals surface area contributed by atoms with Crippen LogP contribution in [0.4, 0.5) is 0 Å². The fraction of sp³-hybridized carbons (Fsp3) is 0.206. The summed E-state index contributed by atoms with van der Waals surface area (Å²) >= 11 is 0. The van der Waals surface area contributed by atoms with E-state index in [0.717, 1.165) is 41.5 Å². The summed E-state index contributed by atoms with van der Waals surface area (Å²) in [4.78, 5) is 13.7.